The fourth-order valence-corrected chi connectivity index (χ4v) is 3.53. The van der Waals surface area contributed by atoms with E-state index in [2.05, 4.69) is 20.8 Å². The summed E-state index contributed by atoms with van der Waals surface area (Å²) in [5, 5.41) is 1.11. The molecule has 1 amide bonds. The predicted octanol–water partition coefficient (Wildman–Crippen LogP) is 2.56. The van der Waals surface area contributed by atoms with Crippen LogP contribution in [0.15, 0.2) is 0 Å². The van der Waals surface area contributed by atoms with Gasteiger partial charge in [-0.3, -0.25) is 4.79 Å². The maximum atomic E-state index is 11.7. The molecule has 2 atom stereocenters. The Labute approximate surface area is 94.2 Å². The molecule has 2 aliphatic heterocycles. The largest absolute Gasteiger partial charge is 0.337 e. The van der Waals surface area contributed by atoms with Crippen LogP contribution in [-0.2, 0) is 4.79 Å². The first-order chi connectivity index (χ1) is 6.76. The Kier molecular flexibility index (Phi) is 3.15. The lowest BCUT2D eigenvalue weighted by atomic mass is 9.92. The second kappa shape index (κ2) is 4.21. The van der Waals surface area contributed by atoms with E-state index >= 15 is 0 Å². The zero-order valence-electron chi connectivity index (χ0n) is 8.71. The van der Waals surface area contributed by atoms with Crippen molar-refractivity contribution in [2.24, 2.45) is 5.92 Å². The van der Waals surface area contributed by atoms with Crippen molar-refractivity contribution in [1.82, 2.24) is 4.90 Å². The number of halogens is 1. The Hall–Kier alpha value is -0.0500. The Morgan fingerprint density at radius 2 is 1.93 bits per heavy atom. The third-order valence-corrected chi connectivity index (χ3v) is 4.56. The molecule has 80 valence electrons. The quantitative estimate of drug-likeness (QED) is 0.699. The minimum atomic E-state index is 0.366. The van der Waals surface area contributed by atoms with Gasteiger partial charge in [0.1, 0.15) is 0 Å². The molecule has 2 unspecified atom stereocenters. The third-order valence-electron chi connectivity index (χ3n) is 3.64. The first-order valence-electron chi connectivity index (χ1n) is 5.63. The molecule has 0 aromatic rings. The van der Waals surface area contributed by atoms with E-state index in [1.54, 1.807) is 0 Å². The summed E-state index contributed by atoms with van der Waals surface area (Å²) in [7, 11) is 0. The maximum Gasteiger partial charge on any atom is 0.222 e. The van der Waals surface area contributed by atoms with Crippen molar-refractivity contribution < 1.29 is 4.79 Å². The van der Waals surface area contributed by atoms with Crippen LogP contribution in [0.3, 0.4) is 0 Å². The molecule has 0 spiro atoms. The van der Waals surface area contributed by atoms with E-state index < -0.39 is 0 Å². The van der Waals surface area contributed by atoms with Crippen LogP contribution >= 0.6 is 15.9 Å². The molecular weight excluding hydrogens is 242 g/mol. The number of nitrogens with zero attached hydrogens (tertiary/aromatic N) is 1. The van der Waals surface area contributed by atoms with E-state index in [0.717, 1.165) is 11.2 Å². The second-order valence-electron chi connectivity index (χ2n) is 4.53. The molecule has 2 heterocycles. The summed E-state index contributed by atoms with van der Waals surface area (Å²) in [5.74, 6) is 1.17. The van der Waals surface area contributed by atoms with Gasteiger partial charge >= 0.3 is 0 Å². The molecule has 2 rings (SSSR count). The van der Waals surface area contributed by atoms with Gasteiger partial charge in [0.25, 0.3) is 0 Å². The Balaban J connectivity index is 2.06. The number of carbonyl (C=O) groups is 1. The van der Waals surface area contributed by atoms with Gasteiger partial charge in [0.15, 0.2) is 0 Å². The Bertz CT molecular complexity index is 217. The summed E-state index contributed by atoms with van der Waals surface area (Å²) in [6, 6.07) is 1.12. The standard InChI is InChI=1S/C11H18BrNO/c1-2-11(14)13-9-3-4-10(13)6-8(5-9)7-12/h8-10H,2-7H2,1H3. The molecule has 2 aliphatic rings. The molecule has 0 aromatic carbocycles. The molecule has 0 aliphatic carbocycles. The number of hydrogen-bond donors (Lipinski definition) is 0. The van der Waals surface area contributed by atoms with Gasteiger partial charge in [-0.1, -0.05) is 22.9 Å². The van der Waals surface area contributed by atoms with Crippen LogP contribution in [0.5, 0.6) is 0 Å². The fourth-order valence-electron chi connectivity index (χ4n) is 3.01. The molecule has 2 fully saturated rings. The summed E-state index contributed by atoms with van der Waals surface area (Å²) in [6.07, 6.45) is 5.58. The average Bonchev–Trinajstić information content (AvgIpc) is 2.48. The highest BCUT2D eigenvalue weighted by Gasteiger charge is 2.41. The number of alkyl halides is 1. The number of piperidine rings is 1. The first-order valence-corrected chi connectivity index (χ1v) is 6.75. The average molecular weight is 260 g/mol. The number of fused-ring (bicyclic) bond motifs is 2. The Morgan fingerprint density at radius 3 is 2.36 bits per heavy atom. The molecule has 0 radical (unpaired) electrons. The third kappa shape index (κ3) is 1.71. The van der Waals surface area contributed by atoms with Gasteiger partial charge < -0.3 is 4.90 Å². The van der Waals surface area contributed by atoms with Crippen LogP contribution in [0, 0.1) is 5.92 Å². The summed E-state index contributed by atoms with van der Waals surface area (Å²) < 4.78 is 0. The minimum absolute atomic E-state index is 0.366. The van der Waals surface area contributed by atoms with Gasteiger partial charge in [-0.05, 0) is 31.6 Å². The van der Waals surface area contributed by atoms with Crippen LogP contribution in [0.25, 0.3) is 0 Å². The van der Waals surface area contributed by atoms with Crippen LogP contribution < -0.4 is 0 Å². The van der Waals surface area contributed by atoms with Gasteiger partial charge in [-0.2, -0.15) is 0 Å². The molecular formula is C11H18BrNO. The van der Waals surface area contributed by atoms with Crippen LogP contribution in [0.1, 0.15) is 39.0 Å². The molecule has 2 saturated heterocycles. The monoisotopic (exact) mass is 259 g/mol. The highest BCUT2D eigenvalue weighted by atomic mass is 79.9. The van der Waals surface area contributed by atoms with Gasteiger partial charge in [0.2, 0.25) is 5.91 Å². The molecule has 0 saturated carbocycles. The molecule has 0 aromatic heterocycles. The summed E-state index contributed by atoms with van der Waals surface area (Å²) in [5.41, 5.74) is 0. The van der Waals surface area contributed by atoms with E-state index in [1.807, 2.05) is 6.92 Å². The molecule has 14 heavy (non-hydrogen) atoms. The SMILES string of the molecule is CCC(=O)N1C2CCC1CC(CBr)C2. The molecule has 3 heteroatoms. The second-order valence-corrected chi connectivity index (χ2v) is 5.18. The normalized spacial score (nSPS) is 36.1. The van der Waals surface area contributed by atoms with Crippen molar-refractivity contribution in [3.63, 3.8) is 0 Å². The lowest BCUT2D eigenvalue weighted by Crippen LogP contribution is -2.46. The van der Waals surface area contributed by atoms with Crippen molar-refractivity contribution in [2.45, 2.75) is 51.1 Å². The number of amides is 1. The summed E-state index contributed by atoms with van der Waals surface area (Å²) in [6.45, 7) is 1.97. The smallest absolute Gasteiger partial charge is 0.222 e. The van der Waals surface area contributed by atoms with Gasteiger partial charge in [0, 0.05) is 23.8 Å². The lowest BCUT2D eigenvalue weighted by molar-refractivity contribution is -0.135. The van der Waals surface area contributed by atoms with Crippen molar-refractivity contribution in [3.05, 3.63) is 0 Å². The number of carbonyl (C=O) groups excluding carboxylic acids is 1. The summed E-state index contributed by atoms with van der Waals surface area (Å²) in [4.78, 5) is 13.9. The number of hydrogen-bond acceptors (Lipinski definition) is 1. The molecule has 2 bridgehead atoms. The van der Waals surface area contributed by atoms with Crippen molar-refractivity contribution in [1.29, 1.82) is 0 Å². The Morgan fingerprint density at radius 1 is 1.36 bits per heavy atom. The van der Waals surface area contributed by atoms with E-state index in [4.69, 9.17) is 0 Å². The van der Waals surface area contributed by atoms with E-state index in [9.17, 15) is 4.79 Å². The van der Waals surface area contributed by atoms with Crippen LogP contribution in [0.4, 0.5) is 0 Å². The predicted molar refractivity (Wildman–Crippen MR) is 60.5 cm³/mol. The topological polar surface area (TPSA) is 20.3 Å². The highest BCUT2D eigenvalue weighted by molar-refractivity contribution is 9.09. The molecule has 0 N–H and O–H groups in total. The molecule has 2 nitrogen and oxygen atoms in total. The first kappa shape index (κ1) is 10.5. The van der Waals surface area contributed by atoms with E-state index in [-0.39, 0.29) is 0 Å². The number of rotatable bonds is 2. The summed E-state index contributed by atoms with van der Waals surface area (Å²) >= 11 is 3.56. The van der Waals surface area contributed by atoms with Gasteiger partial charge in [0.05, 0.1) is 0 Å². The highest BCUT2D eigenvalue weighted by Crippen LogP contribution is 2.39. The van der Waals surface area contributed by atoms with E-state index in [0.29, 0.717) is 24.4 Å². The van der Waals surface area contributed by atoms with Crippen LogP contribution in [-0.4, -0.2) is 28.2 Å². The van der Waals surface area contributed by atoms with Gasteiger partial charge in [-0.15, -0.1) is 0 Å². The minimum Gasteiger partial charge on any atom is -0.337 e. The van der Waals surface area contributed by atoms with Crippen molar-refractivity contribution in [3.8, 4) is 0 Å². The lowest BCUT2D eigenvalue weighted by Gasteiger charge is -2.38. The maximum absolute atomic E-state index is 11.7. The zero-order valence-corrected chi connectivity index (χ0v) is 10.3. The zero-order chi connectivity index (χ0) is 10.1. The fraction of sp³-hybridized carbons (Fsp3) is 0.909. The van der Waals surface area contributed by atoms with Crippen molar-refractivity contribution >= 4 is 21.8 Å². The van der Waals surface area contributed by atoms with Crippen LogP contribution in [0.2, 0.25) is 0 Å². The van der Waals surface area contributed by atoms with Crippen molar-refractivity contribution in [2.75, 3.05) is 5.33 Å². The van der Waals surface area contributed by atoms with E-state index in [1.165, 1.54) is 25.7 Å². The van der Waals surface area contributed by atoms with Gasteiger partial charge in [-0.25, -0.2) is 0 Å².